The first-order valence-electron chi connectivity index (χ1n) is 7.65. The van der Waals surface area contributed by atoms with Crippen molar-refractivity contribution >= 4 is 19.6 Å². The SMILES string of the molecule is C=C(C(=O)[Si](CC)(CC)CC)C(O)C=Cc1ccccc1. The van der Waals surface area contributed by atoms with E-state index in [1.165, 1.54) is 0 Å². The van der Waals surface area contributed by atoms with Crippen LogP contribution in [0, 0.1) is 0 Å². The summed E-state index contributed by atoms with van der Waals surface area (Å²) >= 11 is 0. The Hall–Kier alpha value is -1.45. The second-order valence-electron chi connectivity index (χ2n) is 5.41. The van der Waals surface area contributed by atoms with E-state index >= 15 is 0 Å². The molecule has 0 aromatic heterocycles. The highest BCUT2D eigenvalue weighted by Gasteiger charge is 2.38. The Morgan fingerprint density at radius 1 is 1.19 bits per heavy atom. The van der Waals surface area contributed by atoms with E-state index in [-0.39, 0.29) is 5.41 Å². The summed E-state index contributed by atoms with van der Waals surface area (Å²) in [5, 5.41) is 10.3. The maximum absolute atomic E-state index is 12.7. The fourth-order valence-electron chi connectivity index (χ4n) is 2.59. The number of carbonyl (C=O) groups is 1. The summed E-state index contributed by atoms with van der Waals surface area (Å²) in [4.78, 5) is 12.7. The molecule has 0 spiro atoms. The lowest BCUT2D eigenvalue weighted by atomic mass is 10.1. The van der Waals surface area contributed by atoms with Crippen molar-refractivity contribution in [1.82, 2.24) is 0 Å². The van der Waals surface area contributed by atoms with Gasteiger partial charge in [-0.15, -0.1) is 0 Å². The van der Waals surface area contributed by atoms with Gasteiger partial charge in [0.2, 0.25) is 0 Å². The molecule has 1 rings (SSSR count). The first kappa shape index (κ1) is 17.6. The number of benzene rings is 1. The van der Waals surface area contributed by atoms with Crippen LogP contribution in [0.5, 0.6) is 0 Å². The van der Waals surface area contributed by atoms with E-state index in [9.17, 15) is 9.90 Å². The summed E-state index contributed by atoms with van der Waals surface area (Å²) in [6.07, 6.45) is 2.58. The molecule has 0 fully saturated rings. The fourth-order valence-corrected chi connectivity index (χ4v) is 5.88. The van der Waals surface area contributed by atoms with Crippen LogP contribution in [0.15, 0.2) is 48.6 Å². The first-order valence-corrected chi connectivity index (χ1v) is 10.3. The predicted molar refractivity (Wildman–Crippen MR) is 92.8 cm³/mol. The lowest BCUT2D eigenvalue weighted by Crippen LogP contribution is -2.44. The van der Waals surface area contributed by atoms with Crippen molar-refractivity contribution in [2.75, 3.05) is 0 Å². The highest BCUT2D eigenvalue weighted by molar-refractivity contribution is 7.07. The van der Waals surface area contributed by atoms with Crippen LogP contribution in [-0.4, -0.2) is 24.7 Å². The molecule has 1 aromatic rings. The number of rotatable bonds is 8. The highest BCUT2D eigenvalue weighted by Crippen LogP contribution is 2.25. The Kier molecular flexibility index (Phi) is 6.79. The zero-order valence-electron chi connectivity index (χ0n) is 13.3. The molecule has 0 aliphatic carbocycles. The van der Waals surface area contributed by atoms with Crippen LogP contribution < -0.4 is 0 Å². The third-order valence-electron chi connectivity index (χ3n) is 4.43. The summed E-state index contributed by atoms with van der Waals surface area (Å²) in [5.41, 5.74) is 1.35. The molecule has 3 heteroatoms. The predicted octanol–water partition coefficient (Wildman–Crippen LogP) is 4.23. The molecule has 21 heavy (non-hydrogen) atoms. The summed E-state index contributed by atoms with van der Waals surface area (Å²) < 4.78 is 0. The normalized spacial score (nSPS) is 13.3. The quantitative estimate of drug-likeness (QED) is 0.576. The van der Waals surface area contributed by atoms with Crippen LogP contribution >= 0.6 is 0 Å². The van der Waals surface area contributed by atoms with Crippen LogP contribution in [0.2, 0.25) is 18.1 Å². The smallest absolute Gasteiger partial charge is 0.139 e. The Bertz CT molecular complexity index is 493. The summed E-state index contributed by atoms with van der Waals surface area (Å²) in [5.74, 6) is 0. The van der Waals surface area contributed by atoms with Crippen molar-refractivity contribution in [3.05, 3.63) is 54.1 Å². The van der Waals surface area contributed by atoms with Crippen LogP contribution in [0.4, 0.5) is 0 Å². The molecule has 1 unspecified atom stereocenters. The molecule has 0 saturated carbocycles. The molecule has 0 heterocycles. The van der Waals surface area contributed by atoms with Gasteiger partial charge in [0.25, 0.3) is 0 Å². The molecule has 0 amide bonds. The Morgan fingerprint density at radius 2 is 1.71 bits per heavy atom. The molecule has 1 aromatic carbocycles. The molecule has 114 valence electrons. The van der Waals surface area contributed by atoms with E-state index in [1.54, 1.807) is 6.08 Å². The molecule has 0 aliphatic rings. The molecule has 0 aliphatic heterocycles. The number of aliphatic hydroxyl groups is 1. The van der Waals surface area contributed by atoms with Crippen LogP contribution in [0.25, 0.3) is 6.08 Å². The van der Waals surface area contributed by atoms with E-state index in [4.69, 9.17) is 0 Å². The van der Waals surface area contributed by atoms with Crippen LogP contribution in [-0.2, 0) is 4.79 Å². The molecule has 0 bridgehead atoms. The Balaban J connectivity index is 2.83. The average molecular weight is 302 g/mol. The minimum atomic E-state index is -1.99. The summed E-state index contributed by atoms with van der Waals surface area (Å²) in [6, 6.07) is 12.5. The standard InChI is InChI=1S/C18H26O2Si/c1-5-21(6-2,7-3)18(20)15(4)17(19)14-13-16-11-9-8-10-12-16/h8-14,17,19H,4-7H2,1-3H3. The topological polar surface area (TPSA) is 37.3 Å². The molecule has 0 radical (unpaired) electrons. The maximum atomic E-state index is 12.7. The van der Waals surface area contributed by atoms with Gasteiger partial charge in [-0.25, -0.2) is 0 Å². The van der Waals surface area contributed by atoms with Gasteiger partial charge >= 0.3 is 0 Å². The van der Waals surface area contributed by atoms with Gasteiger partial charge in [-0.1, -0.05) is 88.0 Å². The third kappa shape index (κ3) is 4.25. The third-order valence-corrected chi connectivity index (χ3v) is 9.78. The van der Waals surface area contributed by atoms with Gasteiger partial charge in [-0.05, 0) is 5.56 Å². The molecule has 0 saturated heterocycles. The molecular formula is C18H26O2Si. The van der Waals surface area contributed by atoms with Crippen molar-refractivity contribution in [2.45, 2.75) is 45.0 Å². The second kappa shape index (κ2) is 8.10. The largest absolute Gasteiger partial charge is 0.384 e. The van der Waals surface area contributed by atoms with Gasteiger partial charge in [0.05, 0.1) is 6.10 Å². The first-order chi connectivity index (χ1) is 10.0. The van der Waals surface area contributed by atoms with E-state index < -0.39 is 14.2 Å². The van der Waals surface area contributed by atoms with Crippen molar-refractivity contribution < 1.29 is 9.90 Å². The zero-order valence-corrected chi connectivity index (χ0v) is 14.3. The van der Waals surface area contributed by atoms with Gasteiger partial charge in [-0.2, -0.15) is 0 Å². The van der Waals surface area contributed by atoms with Crippen molar-refractivity contribution in [3.8, 4) is 0 Å². The van der Waals surface area contributed by atoms with Crippen molar-refractivity contribution in [2.24, 2.45) is 0 Å². The maximum Gasteiger partial charge on any atom is 0.139 e. The van der Waals surface area contributed by atoms with Crippen LogP contribution in [0.1, 0.15) is 26.3 Å². The van der Waals surface area contributed by atoms with Gasteiger partial charge in [0.1, 0.15) is 13.5 Å². The van der Waals surface area contributed by atoms with Crippen LogP contribution in [0.3, 0.4) is 0 Å². The Morgan fingerprint density at radius 3 is 2.19 bits per heavy atom. The van der Waals surface area contributed by atoms with E-state index in [0.717, 1.165) is 23.7 Å². The number of carbonyl (C=O) groups excluding carboxylic acids is 1. The minimum Gasteiger partial charge on any atom is -0.384 e. The number of hydrogen-bond acceptors (Lipinski definition) is 2. The molecule has 1 atom stereocenters. The lowest BCUT2D eigenvalue weighted by Gasteiger charge is -2.27. The molecule has 2 nitrogen and oxygen atoms in total. The fraction of sp³-hybridized carbons (Fsp3) is 0.389. The van der Waals surface area contributed by atoms with Crippen molar-refractivity contribution in [1.29, 1.82) is 0 Å². The summed E-state index contributed by atoms with van der Waals surface area (Å²) in [6.45, 7) is 10.1. The van der Waals surface area contributed by atoms with Crippen molar-refractivity contribution in [3.63, 3.8) is 0 Å². The van der Waals surface area contributed by atoms with Gasteiger partial charge in [0.15, 0.2) is 0 Å². The van der Waals surface area contributed by atoms with Gasteiger partial charge in [0, 0.05) is 5.57 Å². The minimum absolute atomic E-state index is 0.125. The molecule has 1 N–H and O–H groups in total. The van der Waals surface area contributed by atoms with E-state index in [1.807, 2.05) is 36.4 Å². The average Bonchev–Trinajstić information content (AvgIpc) is 2.54. The van der Waals surface area contributed by atoms with E-state index in [2.05, 4.69) is 27.4 Å². The second-order valence-corrected chi connectivity index (χ2v) is 10.5. The van der Waals surface area contributed by atoms with Gasteiger partial charge < -0.3 is 9.90 Å². The number of aliphatic hydroxyl groups excluding tert-OH is 1. The zero-order chi connectivity index (χ0) is 15.9. The van der Waals surface area contributed by atoms with E-state index in [0.29, 0.717) is 5.57 Å². The molecular weight excluding hydrogens is 276 g/mol. The highest BCUT2D eigenvalue weighted by atomic mass is 28.3. The summed E-state index contributed by atoms with van der Waals surface area (Å²) in [7, 11) is -1.99. The number of hydrogen-bond donors (Lipinski definition) is 1. The van der Waals surface area contributed by atoms with Gasteiger partial charge in [-0.3, -0.25) is 0 Å². The lowest BCUT2D eigenvalue weighted by molar-refractivity contribution is -0.110. The Labute approximate surface area is 129 Å². The monoisotopic (exact) mass is 302 g/mol.